The van der Waals surface area contributed by atoms with Gasteiger partial charge in [-0.1, -0.05) is 18.2 Å². The summed E-state index contributed by atoms with van der Waals surface area (Å²) >= 11 is 0. The number of carbonyl (C=O) groups excluding carboxylic acids is 2. The predicted molar refractivity (Wildman–Crippen MR) is 123 cm³/mol. The van der Waals surface area contributed by atoms with Gasteiger partial charge in [0.15, 0.2) is 0 Å². The summed E-state index contributed by atoms with van der Waals surface area (Å²) in [7, 11) is 1.79. The molecule has 32 heavy (non-hydrogen) atoms. The highest BCUT2D eigenvalue weighted by Crippen LogP contribution is 2.55. The molecule has 4 saturated carbocycles. The molecule has 0 spiro atoms. The van der Waals surface area contributed by atoms with Crippen molar-refractivity contribution in [2.75, 3.05) is 5.32 Å². The first kappa shape index (κ1) is 21.0. The standard InChI is InChI=1S/C25H32N4O3/c1-16-23(24(32)29(28(16)2)20-6-4-3-5-7-20)26-21(30)8-9-22(31)27-25-13-17-10-18(14-25)12-19(11-17)15-25/h3-7,17-19H,8-15H2,1-2H3,(H,26,30)(H,27,31). The van der Waals surface area contributed by atoms with E-state index in [1.54, 1.807) is 18.7 Å². The zero-order valence-corrected chi connectivity index (χ0v) is 18.9. The molecule has 6 rings (SSSR count). The molecule has 2 N–H and O–H groups in total. The van der Waals surface area contributed by atoms with E-state index in [0.29, 0.717) is 5.69 Å². The van der Waals surface area contributed by atoms with Gasteiger partial charge in [0.1, 0.15) is 5.69 Å². The van der Waals surface area contributed by atoms with Gasteiger partial charge in [0.25, 0.3) is 5.56 Å². The number of anilines is 1. The predicted octanol–water partition coefficient (Wildman–Crippen LogP) is 3.29. The Morgan fingerprint density at radius 1 is 0.969 bits per heavy atom. The van der Waals surface area contributed by atoms with E-state index in [1.807, 2.05) is 30.3 Å². The van der Waals surface area contributed by atoms with Gasteiger partial charge in [0.05, 0.1) is 11.4 Å². The van der Waals surface area contributed by atoms with Gasteiger partial charge in [0.2, 0.25) is 11.8 Å². The van der Waals surface area contributed by atoms with Crippen LogP contribution in [0.2, 0.25) is 0 Å². The Bertz CT molecular complexity index is 1060. The van der Waals surface area contributed by atoms with Crippen LogP contribution in [0.5, 0.6) is 0 Å². The van der Waals surface area contributed by atoms with Crippen molar-refractivity contribution in [1.29, 1.82) is 0 Å². The first-order valence-corrected chi connectivity index (χ1v) is 11.8. The minimum absolute atomic E-state index is 0.0399. The second-order valence-corrected chi connectivity index (χ2v) is 10.2. The van der Waals surface area contributed by atoms with Gasteiger partial charge in [-0.05, 0) is 75.3 Å². The van der Waals surface area contributed by atoms with E-state index in [1.165, 1.54) is 23.9 Å². The molecule has 0 atom stereocenters. The quantitative estimate of drug-likeness (QED) is 0.729. The highest BCUT2D eigenvalue weighted by atomic mass is 16.2. The van der Waals surface area contributed by atoms with Crippen molar-refractivity contribution in [3.8, 4) is 5.69 Å². The third-order valence-electron chi connectivity index (χ3n) is 7.84. The van der Waals surface area contributed by atoms with Crippen LogP contribution in [0.3, 0.4) is 0 Å². The van der Waals surface area contributed by atoms with Gasteiger partial charge >= 0.3 is 0 Å². The van der Waals surface area contributed by atoms with E-state index in [2.05, 4.69) is 10.6 Å². The van der Waals surface area contributed by atoms with Crippen molar-refractivity contribution in [2.45, 2.75) is 63.8 Å². The van der Waals surface area contributed by atoms with Crippen molar-refractivity contribution in [3.05, 3.63) is 46.4 Å². The molecule has 1 heterocycles. The van der Waals surface area contributed by atoms with Crippen LogP contribution < -0.4 is 16.2 Å². The number of nitrogens with zero attached hydrogens (tertiary/aromatic N) is 2. The van der Waals surface area contributed by atoms with Crippen LogP contribution in [0.15, 0.2) is 35.1 Å². The van der Waals surface area contributed by atoms with Gasteiger partial charge < -0.3 is 10.6 Å². The minimum Gasteiger partial charge on any atom is -0.351 e. The number of para-hydroxylation sites is 1. The maximum absolute atomic E-state index is 12.9. The maximum atomic E-state index is 12.9. The van der Waals surface area contributed by atoms with Gasteiger partial charge in [0, 0.05) is 25.4 Å². The van der Waals surface area contributed by atoms with Crippen LogP contribution in [0.25, 0.3) is 5.69 Å². The summed E-state index contributed by atoms with van der Waals surface area (Å²) in [5, 5.41) is 6.06. The molecular formula is C25H32N4O3. The molecule has 7 heteroatoms. The Morgan fingerprint density at radius 3 is 2.12 bits per heavy atom. The summed E-state index contributed by atoms with van der Waals surface area (Å²) < 4.78 is 3.26. The van der Waals surface area contributed by atoms with Gasteiger partial charge in [-0.2, -0.15) is 0 Å². The topological polar surface area (TPSA) is 85.1 Å². The van der Waals surface area contributed by atoms with Crippen molar-refractivity contribution < 1.29 is 9.59 Å². The number of hydrogen-bond donors (Lipinski definition) is 2. The fourth-order valence-corrected chi connectivity index (χ4v) is 6.76. The highest BCUT2D eigenvalue weighted by molar-refractivity contribution is 5.93. The van der Waals surface area contributed by atoms with Crippen LogP contribution in [-0.2, 0) is 16.6 Å². The molecule has 0 radical (unpaired) electrons. The summed E-state index contributed by atoms with van der Waals surface area (Å²) in [6, 6.07) is 9.32. The lowest BCUT2D eigenvalue weighted by molar-refractivity contribution is -0.129. The fraction of sp³-hybridized carbons (Fsp3) is 0.560. The summed E-state index contributed by atoms with van der Waals surface area (Å²) in [5.74, 6) is 1.93. The van der Waals surface area contributed by atoms with E-state index in [9.17, 15) is 14.4 Å². The van der Waals surface area contributed by atoms with E-state index in [0.717, 1.165) is 42.7 Å². The van der Waals surface area contributed by atoms with Gasteiger partial charge in [-0.25, -0.2) is 4.68 Å². The Balaban J connectivity index is 1.21. The third kappa shape index (κ3) is 3.78. The lowest BCUT2D eigenvalue weighted by Gasteiger charge is -2.56. The Kier molecular flexibility index (Phi) is 5.22. The molecule has 0 unspecified atom stereocenters. The van der Waals surface area contributed by atoms with Crippen molar-refractivity contribution >= 4 is 17.5 Å². The van der Waals surface area contributed by atoms with Crippen molar-refractivity contribution in [3.63, 3.8) is 0 Å². The second kappa shape index (κ2) is 7.94. The number of carbonyl (C=O) groups is 2. The van der Waals surface area contributed by atoms with Crippen LogP contribution >= 0.6 is 0 Å². The monoisotopic (exact) mass is 436 g/mol. The summed E-state index contributed by atoms with van der Waals surface area (Å²) in [6.07, 6.45) is 7.48. The van der Waals surface area contributed by atoms with Crippen molar-refractivity contribution in [1.82, 2.24) is 14.7 Å². The highest BCUT2D eigenvalue weighted by Gasteiger charge is 2.51. The zero-order valence-electron chi connectivity index (χ0n) is 18.9. The molecule has 0 saturated heterocycles. The van der Waals surface area contributed by atoms with Gasteiger partial charge in [-0.3, -0.25) is 19.1 Å². The molecule has 2 aromatic rings. The normalized spacial score (nSPS) is 28.0. The smallest absolute Gasteiger partial charge is 0.295 e. The zero-order chi connectivity index (χ0) is 22.5. The molecule has 7 nitrogen and oxygen atoms in total. The Labute approximate surface area is 188 Å². The first-order chi connectivity index (χ1) is 15.3. The van der Waals surface area contributed by atoms with Crippen LogP contribution in [0.4, 0.5) is 5.69 Å². The molecule has 170 valence electrons. The number of rotatable bonds is 6. The fourth-order valence-electron chi connectivity index (χ4n) is 6.76. The van der Waals surface area contributed by atoms with E-state index in [-0.39, 0.29) is 41.4 Å². The molecular weight excluding hydrogens is 404 g/mol. The largest absolute Gasteiger partial charge is 0.351 e. The molecule has 4 aliphatic carbocycles. The first-order valence-electron chi connectivity index (χ1n) is 11.8. The molecule has 1 aromatic carbocycles. The lowest BCUT2D eigenvalue weighted by atomic mass is 9.53. The Morgan fingerprint density at radius 2 is 1.53 bits per heavy atom. The van der Waals surface area contributed by atoms with E-state index < -0.39 is 0 Å². The minimum atomic E-state index is -0.309. The summed E-state index contributed by atoms with van der Waals surface area (Å²) in [5.41, 5.74) is 1.36. The SMILES string of the molecule is Cc1c(NC(=O)CCC(=O)NC23CC4CC(CC(C4)C2)C3)c(=O)n(-c2ccccc2)n1C. The average molecular weight is 437 g/mol. The molecule has 4 bridgehead atoms. The molecule has 2 amide bonds. The molecule has 1 aromatic heterocycles. The maximum Gasteiger partial charge on any atom is 0.295 e. The van der Waals surface area contributed by atoms with Crippen LogP contribution in [-0.4, -0.2) is 26.7 Å². The molecule has 4 fully saturated rings. The average Bonchev–Trinajstić information content (AvgIpc) is 2.95. The van der Waals surface area contributed by atoms with Gasteiger partial charge in [-0.15, -0.1) is 0 Å². The summed E-state index contributed by atoms with van der Waals surface area (Å²) in [4.78, 5) is 38.2. The van der Waals surface area contributed by atoms with E-state index >= 15 is 0 Å². The third-order valence-corrected chi connectivity index (χ3v) is 7.84. The molecule has 4 aliphatic rings. The molecule has 0 aliphatic heterocycles. The number of benzene rings is 1. The van der Waals surface area contributed by atoms with Crippen LogP contribution in [0.1, 0.15) is 57.1 Å². The van der Waals surface area contributed by atoms with Crippen molar-refractivity contribution in [2.24, 2.45) is 24.8 Å². The van der Waals surface area contributed by atoms with E-state index in [4.69, 9.17) is 0 Å². The second-order valence-electron chi connectivity index (χ2n) is 10.2. The number of nitrogens with one attached hydrogen (secondary N) is 2. The summed E-state index contributed by atoms with van der Waals surface area (Å²) in [6.45, 7) is 1.80. The number of amides is 2. The lowest BCUT2D eigenvalue weighted by Crippen LogP contribution is -2.59. The van der Waals surface area contributed by atoms with Crippen LogP contribution in [0, 0.1) is 24.7 Å². The Hall–Kier alpha value is -2.83. The number of aromatic nitrogens is 2. The number of hydrogen-bond acceptors (Lipinski definition) is 3.